The van der Waals surface area contributed by atoms with E-state index >= 15 is 0 Å². The van der Waals surface area contributed by atoms with Gasteiger partial charge in [0, 0.05) is 30.9 Å². The predicted molar refractivity (Wildman–Crippen MR) is 127 cm³/mol. The number of benzene rings is 2. The standard InChI is InChI=1S/C25H18ClF3N2O6/c1-13(17-6-5-16(10-18(17)26)37-21-8-3-14(11-30-21)23(33)34)24(35,25(27,28)29)15-4-7-19-20(9-15)36-12-22(32)31(19)2/h3-11,35H,1,12H2,2H3,(H,33,34)/t24-/m1/s1. The minimum Gasteiger partial charge on any atom is -0.482 e. The first kappa shape index (κ1) is 26.0. The van der Waals surface area contributed by atoms with E-state index in [1.165, 1.54) is 48.3 Å². The minimum absolute atomic E-state index is 0.00802. The van der Waals surface area contributed by atoms with Crippen LogP contribution in [0.4, 0.5) is 18.9 Å². The van der Waals surface area contributed by atoms with E-state index in [1.54, 1.807) is 0 Å². The topological polar surface area (TPSA) is 109 Å². The van der Waals surface area contributed by atoms with Crippen molar-refractivity contribution >= 4 is 34.7 Å². The van der Waals surface area contributed by atoms with Crippen molar-refractivity contribution in [3.63, 3.8) is 0 Å². The van der Waals surface area contributed by atoms with Gasteiger partial charge in [0.25, 0.3) is 5.91 Å². The lowest BCUT2D eigenvalue weighted by Crippen LogP contribution is -2.43. The Hall–Kier alpha value is -4.09. The number of aromatic carboxylic acids is 1. The van der Waals surface area contributed by atoms with Crippen molar-refractivity contribution in [1.29, 1.82) is 0 Å². The van der Waals surface area contributed by atoms with Crippen LogP contribution in [0.15, 0.2) is 61.3 Å². The molecule has 8 nitrogen and oxygen atoms in total. The summed E-state index contributed by atoms with van der Waals surface area (Å²) >= 11 is 6.27. The second-order valence-corrected chi connectivity index (χ2v) is 8.45. The molecule has 3 aromatic rings. The number of rotatable bonds is 6. The molecule has 1 amide bonds. The molecular weight excluding hydrogens is 517 g/mol. The zero-order chi connectivity index (χ0) is 27.1. The highest BCUT2D eigenvalue weighted by Gasteiger charge is 2.57. The largest absolute Gasteiger partial charge is 0.482 e. The van der Waals surface area contributed by atoms with Crippen LogP contribution in [0.2, 0.25) is 5.02 Å². The van der Waals surface area contributed by atoms with Crippen LogP contribution in [0.5, 0.6) is 17.4 Å². The first-order valence-corrected chi connectivity index (χ1v) is 10.9. The number of ether oxygens (including phenoxy) is 2. The van der Waals surface area contributed by atoms with Gasteiger partial charge in [-0.05, 0) is 41.5 Å². The molecule has 0 saturated carbocycles. The highest BCUT2D eigenvalue weighted by molar-refractivity contribution is 6.32. The Kier molecular flexibility index (Phi) is 6.61. The fraction of sp³-hybridized carbons (Fsp3) is 0.160. The maximum atomic E-state index is 14.4. The summed E-state index contributed by atoms with van der Waals surface area (Å²) in [7, 11) is 1.46. The molecule has 0 aliphatic carbocycles. The lowest BCUT2D eigenvalue weighted by molar-refractivity contribution is -0.240. The van der Waals surface area contributed by atoms with E-state index in [1.807, 2.05) is 0 Å². The third-order valence-corrected chi connectivity index (χ3v) is 6.10. The van der Waals surface area contributed by atoms with Crippen molar-refractivity contribution in [2.24, 2.45) is 0 Å². The van der Waals surface area contributed by atoms with Gasteiger partial charge in [0.15, 0.2) is 6.61 Å². The highest BCUT2D eigenvalue weighted by Crippen LogP contribution is 2.50. The van der Waals surface area contributed by atoms with Crippen molar-refractivity contribution in [2.45, 2.75) is 11.8 Å². The lowest BCUT2D eigenvalue weighted by atomic mass is 9.82. The maximum absolute atomic E-state index is 14.4. The van der Waals surface area contributed by atoms with Gasteiger partial charge >= 0.3 is 12.1 Å². The molecule has 2 heterocycles. The van der Waals surface area contributed by atoms with Crippen LogP contribution in [0.25, 0.3) is 5.57 Å². The molecule has 4 rings (SSSR count). The average molecular weight is 535 g/mol. The zero-order valence-electron chi connectivity index (χ0n) is 19.0. The Morgan fingerprint density at radius 1 is 1.19 bits per heavy atom. The number of amides is 1. The highest BCUT2D eigenvalue weighted by atomic mass is 35.5. The summed E-state index contributed by atoms with van der Waals surface area (Å²) in [5.74, 6) is -1.43. The van der Waals surface area contributed by atoms with E-state index in [-0.39, 0.29) is 51.7 Å². The minimum atomic E-state index is -5.21. The summed E-state index contributed by atoms with van der Waals surface area (Å²) in [4.78, 5) is 27.8. The third kappa shape index (κ3) is 4.70. The maximum Gasteiger partial charge on any atom is 0.425 e. The first-order chi connectivity index (χ1) is 17.3. The van der Waals surface area contributed by atoms with Crippen LogP contribution < -0.4 is 14.4 Å². The number of nitrogens with zero attached hydrogens (tertiary/aromatic N) is 2. The molecule has 1 aliphatic heterocycles. The molecule has 0 saturated heterocycles. The number of halogens is 4. The van der Waals surface area contributed by atoms with Gasteiger partial charge in [-0.3, -0.25) is 4.79 Å². The number of carbonyl (C=O) groups is 2. The number of hydrogen-bond donors (Lipinski definition) is 2. The molecule has 192 valence electrons. The van der Waals surface area contributed by atoms with Crippen molar-refractivity contribution < 1.29 is 42.4 Å². The Morgan fingerprint density at radius 3 is 2.51 bits per heavy atom. The normalized spacial score (nSPS) is 14.9. The SMILES string of the molecule is C=C(c1ccc(Oc2ccc(C(=O)O)cn2)cc1Cl)[C@@](O)(c1ccc2c(c1)OCC(=O)N2C)C(F)(F)F. The second-order valence-electron chi connectivity index (χ2n) is 8.04. The van der Waals surface area contributed by atoms with Crippen LogP contribution in [-0.2, 0) is 10.4 Å². The summed E-state index contributed by atoms with van der Waals surface area (Å²) in [6.45, 7) is 3.15. The number of hydrogen-bond acceptors (Lipinski definition) is 6. The van der Waals surface area contributed by atoms with Crippen LogP contribution >= 0.6 is 11.6 Å². The number of aliphatic hydroxyl groups is 1. The smallest absolute Gasteiger partial charge is 0.425 e. The van der Waals surface area contributed by atoms with Gasteiger partial charge in [-0.1, -0.05) is 24.2 Å². The molecule has 0 spiro atoms. The fourth-order valence-corrected chi connectivity index (χ4v) is 3.98. The number of carboxylic acids is 1. The monoisotopic (exact) mass is 534 g/mol. The van der Waals surface area contributed by atoms with Gasteiger partial charge < -0.3 is 24.6 Å². The van der Waals surface area contributed by atoms with E-state index in [9.17, 15) is 27.9 Å². The molecule has 2 N–H and O–H groups in total. The lowest BCUT2D eigenvalue weighted by Gasteiger charge is -2.35. The second kappa shape index (κ2) is 9.41. The Morgan fingerprint density at radius 2 is 1.92 bits per heavy atom. The summed E-state index contributed by atoms with van der Waals surface area (Å²) < 4.78 is 53.8. The van der Waals surface area contributed by atoms with Crippen LogP contribution in [0.1, 0.15) is 21.5 Å². The van der Waals surface area contributed by atoms with Crippen molar-refractivity contribution in [3.8, 4) is 17.4 Å². The number of carbonyl (C=O) groups excluding carboxylic acids is 1. The average Bonchev–Trinajstić information content (AvgIpc) is 2.85. The summed E-state index contributed by atoms with van der Waals surface area (Å²) in [6.07, 6.45) is -4.13. The predicted octanol–water partition coefficient (Wildman–Crippen LogP) is 5.04. The molecule has 2 aromatic carbocycles. The molecular formula is C25H18ClF3N2O6. The van der Waals surface area contributed by atoms with Gasteiger partial charge in [-0.25, -0.2) is 9.78 Å². The molecule has 1 atom stereocenters. The number of alkyl halides is 3. The van der Waals surface area contributed by atoms with Crippen molar-refractivity contribution in [3.05, 3.63) is 83.0 Å². The Bertz CT molecular complexity index is 1410. The molecule has 1 aliphatic rings. The number of aromatic nitrogens is 1. The van der Waals surface area contributed by atoms with Gasteiger partial charge in [0.1, 0.15) is 11.5 Å². The number of pyridine rings is 1. The summed E-state index contributed by atoms with van der Waals surface area (Å²) in [6, 6.07) is 9.56. The van der Waals surface area contributed by atoms with Crippen LogP contribution in [0.3, 0.4) is 0 Å². The third-order valence-electron chi connectivity index (χ3n) is 5.78. The Balaban J connectivity index is 1.67. The zero-order valence-corrected chi connectivity index (χ0v) is 19.8. The quantitative estimate of drug-likeness (QED) is 0.456. The van der Waals surface area contributed by atoms with Crippen molar-refractivity contribution in [1.82, 2.24) is 4.98 Å². The van der Waals surface area contributed by atoms with E-state index < -0.39 is 28.9 Å². The molecule has 12 heteroatoms. The number of fused-ring (bicyclic) bond motifs is 1. The van der Waals surface area contributed by atoms with Gasteiger partial charge in [-0.15, -0.1) is 0 Å². The van der Waals surface area contributed by atoms with Crippen LogP contribution in [0, 0.1) is 0 Å². The number of likely N-dealkylation sites (N-methyl/N-ethyl adjacent to an activating group) is 1. The van der Waals surface area contributed by atoms with E-state index in [4.69, 9.17) is 26.2 Å². The van der Waals surface area contributed by atoms with E-state index in [0.717, 1.165) is 18.3 Å². The number of anilines is 1. The summed E-state index contributed by atoms with van der Waals surface area (Å²) in [5.41, 5.74) is -4.89. The molecule has 0 radical (unpaired) electrons. The molecule has 0 fully saturated rings. The molecule has 0 unspecified atom stereocenters. The molecule has 37 heavy (non-hydrogen) atoms. The Labute approximate surface area is 213 Å². The van der Waals surface area contributed by atoms with Gasteiger partial charge in [0.2, 0.25) is 11.5 Å². The first-order valence-electron chi connectivity index (χ1n) is 10.5. The van der Waals surface area contributed by atoms with Gasteiger partial charge in [-0.2, -0.15) is 13.2 Å². The van der Waals surface area contributed by atoms with E-state index in [0.29, 0.717) is 0 Å². The molecule has 0 bridgehead atoms. The number of carboxylic acid groups (broad SMARTS) is 1. The molecule has 1 aromatic heterocycles. The van der Waals surface area contributed by atoms with Crippen LogP contribution in [-0.4, -0.2) is 46.9 Å². The van der Waals surface area contributed by atoms with Crippen molar-refractivity contribution in [2.75, 3.05) is 18.6 Å². The summed E-state index contributed by atoms with van der Waals surface area (Å²) in [5, 5.41) is 19.8. The van der Waals surface area contributed by atoms with Gasteiger partial charge in [0.05, 0.1) is 16.3 Å². The van der Waals surface area contributed by atoms with E-state index in [2.05, 4.69) is 11.6 Å². The fourth-order valence-electron chi connectivity index (χ4n) is 3.70.